The molecule has 0 fully saturated rings. The molecule has 2 aromatic carbocycles. The summed E-state index contributed by atoms with van der Waals surface area (Å²) in [7, 11) is 0. The average Bonchev–Trinajstić information content (AvgIpc) is 2.47. The third-order valence-electron chi connectivity index (χ3n) is 2.76. The van der Waals surface area contributed by atoms with Crippen molar-refractivity contribution in [3.05, 3.63) is 62.6 Å². The molecule has 0 radical (unpaired) electrons. The van der Waals surface area contributed by atoms with Crippen molar-refractivity contribution in [1.82, 2.24) is 0 Å². The van der Waals surface area contributed by atoms with E-state index in [1.165, 1.54) is 0 Å². The zero-order chi connectivity index (χ0) is 14.5. The van der Waals surface area contributed by atoms with Crippen LogP contribution < -0.4 is 4.74 Å². The van der Waals surface area contributed by atoms with Crippen LogP contribution in [0.1, 0.15) is 16.7 Å². The highest BCUT2D eigenvalue weighted by molar-refractivity contribution is 9.10. The third-order valence-corrected chi connectivity index (χ3v) is 3.89. The molecule has 0 aromatic heterocycles. The summed E-state index contributed by atoms with van der Waals surface area (Å²) in [5.74, 6) is 0.651. The Morgan fingerprint density at radius 1 is 1.20 bits per heavy atom. The summed E-state index contributed by atoms with van der Waals surface area (Å²) < 4.78 is 6.48. The fourth-order valence-electron chi connectivity index (χ4n) is 1.66. The van der Waals surface area contributed by atoms with Gasteiger partial charge in [-0.3, -0.25) is 0 Å². The van der Waals surface area contributed by atoms with Crippen LogP contribution in [0.25, 0.3) is 0 Å². The number of hydrogen-bond acceptors (Lipinski definition) is 3. The topological polar surface area (TPSA) is 53.2 Å². The Morgan fingerprint density at radius 2 is 2.00 bits per heavy atom. The van der Waals surface area contributed by atoms with Gasteiger partial charge in [-0.05, 0) is 35.9 Å². The van der Waals surface area contributed by atoms with E-state index < -0.39 is 0 Å². The van der Waals surface area contributed by atoms with Gasteiger partial charge in [0.05, 0.1) is 18.2 Å². The van der Waals surface area contributed by atoms with Crippen LogP contribution in [-0.2, 0) is 13.2 Å². The second-order valence-electron chi connectivity index (χ2n) is 4.12. The molecule has 102 valence electrons. The average molecular weight is 353 g/mol. The van der Waals surface area contributed by atoms with Crippen LogP contribution in [0.3, 0.4) is 0 Å². The zero-order valence-corrected chi connectivity index (χ0v) is 12.8. The summed E-state index contributed by atoms with van der Waals surface area (Å²) in [6.45, 7) is 0.243. The van der Waals surface area contributed by atoms with E-state index >= 15 is 0 Å². The lowest BCUT2D eigenvalue weighted by Crippen LogP contribution is -1.97. The molecule has 0 heterocycles. The van der Waals surface area contributed by atoms with Crippen LogP contribution in [0, 0.1) is 11.3 Å². The first-order chi connectivity index (χ1) is 9.63. The van der Waals surface area contributed by atoms with E-state index in [1.54, 1.807) is 30.3 Å². The number of ether oxygens (including phenoxy) is 1. The molecule has 0 aliphatic heterocycles. The van der Waals surface area contributed by atoms with Gasteiger partial charge < -0.3 is 9.84 Å². The fourth-order valence-corrected chi connectivity index (χ4v) is 2.26. The molecule has 0 saturated carbocycles. The van der Waals surface area contributed by atoms with Crippen LogP contribution in [0.15, 0.2) is 40.9 Å². The molecule has 0 aliphatic rings. The monoisotopic (exact) mass is 351 g/mol. The van der Waals surface area contributed by atoms with Crippen molar-refractivity contribution in [1.29, 1.82) is 5.26 Å². The maximum Gasteiger partial charge on any atom is 0.120 e. The van der Waals surface area contributed by atoms with Gasteiger partial charge in [0.25, 0.3) is 0 Å². The van der Waals surface area contributed by atoms with E-state index in [4.69, 9.17) is 21.6 Å². The van der Waals surface area contributed by atoms with Crippen molar-refractivity contribution in [2.24, 2.45) is 0 Å². The van der Waals surface area contributed by atoms with E-state index in [1.807, 2.05) is 12.1 Å². The maximum atomic E-state index is 9.19. The summed E-state index contributed by atoms with van der Waals surface area (Å²) in [4.78, 5) is 0. The van der Waals surface area contributed by atoms with Gasteiger partial charge in [-0.2, -0.15) is 5.26 Å². The predicted molar refractivity (Wildman–Crippen MR) is 80.6 cm³/mol. The molecule has 2 rings (SSSR count). The van der Waals surface area contributed by atoms with Gasteiger partial charge in [0.2, 0.25) is 0 Å². The van der Waals surface area contributed by atoms with Gasteiger partial charge in [-0.15, -0.1) is 0 Å². The van der Waals surface area contributed by atoms with Crippen molar-refractivity contribution in [2.45, 2.75) is 13.2 Å². The molecule has 1 N–H and O–H groups in total. The Kier molecular flexibility index (Phi) is 5.02. The minimum absolute atomic E-state index is 0.0601. The van der Waals surface area contributed by atoms with Crippen LogP contribution in [-0.4, -0.2) is 5.11 Å². The lowest BCUT2D eigenvalue weighted by Gasteiger charge is -2.10. The van der Waals surface area contributed by atoms with Gasteiger partial charge in [-0.25, -0.2) is 0 Å². The molecule has 0 amide bonds. The van der Waals surface area contributed by atoms with E-state index in [9.17, 15) is 5.11 Å². The molecule has 20 heavy (non-hydrogen) atoms. The number of hydrogen-bond donors (Lipinski definition) is 1. The molecule has 0 aliphatic carbocycles. The Balaban J connectivity index is 2.11. The van der Waals surface area contributed by atoms with Gasteiger partial charge >= 0.3 is 0 Å². The molecular formula is C15H11BrClNO2. The van der Waals surface area contributed by atoms with E-state index in [0.29, 0.717) is 22.9 Å². The number of rotatable bonds is 4. The molecular weight excluding hydrogens is 342 g/mol. The molecule has 2 aromatic rings. The van der Waals surface area contributed by atoms with Crippen molar-refractivity contribution in [2.75, 3.05) is 0 Å². The Labute approximate surface area is 130 Å². The maximum absolute atomic E-state index is 9.19. The quantitative estimate of drug-likeness (QED) is 0.903. The number of nitriles is 1. The second-order valence-corrected chi connectivity index (χ2v) is 5.38. The first-order valence-corrected chi connectivity index (χ1v) is 7.01. The highest BCUT2D eigenvalue weighted by Crippen LogP contribution is 2.24. The standard InChI is InChI=1S/C15H11BrClNO2/c16-14-4-3-13(6-12(14)8-19)20-9-11-2-1-10(7-18)5-15(11)17/h1-6,19H,8-9H2. The molecule has 0 bridgehead atoms. The number of nitrogens with zero attached hydrogens (tertiary/aromatic N) is 1. The lowest BCUT2D eigenvalue weighted by atomic mass is 10.1. The van der Waals surface area contributed by atoms with Crippen LogP contribution >= 0.6 is 27.5 Å². The predicted octanol–water partition coefficient (Wildman–Crippen LogP) is 4.05. The summed E-state index contributed by atoms with van der Waals surface area (Å²) in [6.07, 6.45) is 0. The van der Waals surface area contributed by atoms with E-state index in [0.717, 1.165) is 15.6 Å². The summed E-state index contributed by atoms with van der Waals surface area (Å²) in [5, 5.41) is 18.5. The molecule has 3 nitrogen and oxygen atoms in total. The minimum atomic E-state index is -0.0601. The van der Waals surface area contributed by atoms with Gasteiger partial charge in [0, 0.05) is 15.1 Å². The lowest BCUT2D eigenvalue weighted by molar-refractivity contribution is 0.277. The van der Waals surface area contributed by atoms with Crippen molar-refractivity contribution in [3.8, 4) is 11.8 Å². The van der Waals surface area contributed by atoms with Gasteiger partial charge in [-0.1, -0.05) is 33.6 Å². The summed E-state index contributed by atoms with van der Waals surface area (Å²) in [6, 6.07) is 12.5. The molecule has 0 atom stereocenters. The fraction of sp³-hybridized carbons (Fsp3) is 0.133. The normalized spacial score (nSPS) is 10.1. The van der Waals surface area contributed by atoms with Crippen LogP contribution in [0.5, 0.6) is 5.75 Å². The smallest absolute Gasteiger partial charge is 0.120 e. The highest BCUT2D eigenvalue weighted by Gasteiger charge is 2.05. The van der Waals surface area contributed by atoms with Crippen molar-refractivity contribution >= 4 is 27.5 Å². The SMILES string of the molecule is N#Cc1ccc(COc2ccc(Br)c(CO)c2)c(Cl)c1. The number of benzene rings is 2. The molecule has 0 saturated heterocycles. The molecule has 0 spiro atoms. The minimum Gasteiger partial charge on any atom is -0.489 e. The zero-order valence-electron chi connectivity index (χ0n) is 10.4. The van der Waals surface area contributed by atoms with E-state index in [-0.39, 0.29) is 6.61 Å². The van der Waals surface area contributed by atoms with Crippen molar-refractivity contribution < 1.29 is 9.84 Å². The highest BCUT2D eigenvalue weighted by atomic mass is 79.9. The molecule has 0 unspecified atom stereocenters. The first-order valence-electron chi connectivity index (χ1n) is 5.84. The number of aliphatic hydroxyl groups excluding tert-OH is 1. The van der Waals surface area contributed by atoms with Gasteiger partial charge in [0.1, 0.15) is 12.4 Å². The summed E-state index contributed by atoms with van der Waals surface area (Å²) in [5.41, 5.74) is 2.08. The Hall–Kier alpha value is -1.54. The summed E-state index contributed by atoms with van der Waals surface area (Å²) >= 11 is 9.43. The largest absolute Gasteiger partial charge is 0.489 e. The van der Waals surface area contributed by atoms with Crippen LogP contribution in [0.4, 0.5) is 0 Å². The number of aliphatic hydroxyl groups is 1. The first kappa shape index (κ1) is 14.9. The van der Waals surface area contributed by atoms with E-state index in [2.05, 4.69) is 15.9 Å². The Morgan fingerprint density at radius 3 is 2.65 bits per heavy atom. The second kappa shape index (κ2) is 6.76. The van der Waals surface area contributed by atoms with Crippen LogP contribution in [0.2, 0.25) is 5.02 Å². The van der Waals surface area contributed by atoms with Crippen molar-refractivity contribution in [3.63, 3.8) is 0 Å². The molecule has 5 heteroatoms. The Bertz CT molecular complexity index is 667. The third kappa shape index (κ3) is 3.51. The number of halogens is 2. The van der Waals surface area contributed by atoms with Gasteiger partial charge in [0.15, 0.2) is 0 Å².